The van der Waals surface area contributed by atoms with E-state index in [0.717, 1.165) is 56.9 Å². The van der Waals surface area contributed by atoms with Crippen LogP contribution in [0.25, 0.3) is 10.4 Å². The first-order valence-electron chi connectivity index (χ1n) is 14.7. The average molecular weight is 569 g/mol. The summed E-state index contributed by atoms with van der Waals surface area (Å²) in [6, 6.07) is 7.68. The zero-order valence-electron chi connectivity index (χ0n) is 24.4. The molecule has 11 nitrogen and oxygen atoms in total. The van der Waals surface area contributed by atoms with Crippen LogP contribution in [-0.4, -0.2) is 42.0 Å². The Labute approximate surface area is 242 Å². The highest BCUT2D eigenvalue weighted by molar-refractivity contribution is 6.16. The predicted octanol–water partition coefficient (Wildman–Crippen LogP) is 4.67. The fourth-order valence-corrected chi connectivity index (χ4v) is 5.02. The fraction of sp³-hybridized carbons (Fsp3) is 0.633. The van der Waals surface area contributed by atoms with Gasteiger partial charge in [-0.15, -0.1) is 0 Å². The Morgan fingerprint density at radius 2 is 1.51 bits per heavy atom. The number of benzene rings is 1. The van der Waals surface area contributed by atoms with Crippen molar-refractivity contribution in [1.29, 1.82) is 0 Å². The van der Waals surface area contributed by atoms with E-state index >= 15 is 0 Å². The highest BCUT2D eigenvalue weighted by Gasteiger charge is 2.46. The molecule has 2 rings (SSSR count). The zero-order valence-corrected chi connectivity index (χ0v) is 24.4. The summed E-state index contributed by atoms with van der Waals surface area (Å²) >= 11 is 0. The lowest BCUT2D eigenvalue weighted by Crippen LogP contribution is -2.49. The molecule has 1 aromatic rings. The Kier molecular flexibility index (Phi) is 14.6. The monoisotopic (exact) mass is 568 g/mol. The van der Waals surface area contributed by atoms with Crippen LogP contribution < -0.4 is 16.0 Å². The summed E-state index contributed by atoms with van der Waals surface area (Å²) < 4.78 is 0. The second-order valence-electron chi connectivity index (χ2n) is 11.1. The first-order chi connectivity index (χ1) is 19.6. The van der Waals surface area contributed by atoms with Gasteiger partial charge in [-0.1, -0.05) is 94.7 Å². The summed E-state index contributed by atoms with van der Waals surface area (Å²) in [5.41, 5.74) is 9.05. The van der Waals surface area contributed by atoms with Crippen molar-refractivity contribution in [3.63, 3.8) is 0 Å². The molecule has 4 atom stereocenters. The third-order valence-corrected chi connectivity index (χ3v) is 7.44. The SMILES string of the molecule is CC(C)[C@H](NC(=O)C[C@H](NC(=O)CCCCCCCCCCN=[N+]=[N-])c1ccccc1)C(=O)[C@@H]1C(=O)NC(=O)[C@H]1C. The molecule has 224 valence electrons. The summed E-state index contributed by atoms with van der Waals surface area (Å²) in [6.45, 7) is 5.61. The van der Waals surface area contributed by atoms with Gasteiger partial charge in [-0.05, 0) is 29.9 Å². The van der Waals surface area contributed by atoms with E-state index in [0.29, 0.717) is 13.0 Å². The molecular formula is C30H44N6O5. The number of ketones is 1. The van der Waals surface area contributed by atoms with Gasteiger partial charge in [-0.2, -0.15) is 0 Å². The van der Waals surface area contributed by atoms with Crippen LogP contribution >= 0.6 is 0 Å². The number of hydrogen-bond acceptors (Lipinski definition) is 6. The molecule has 0 bridgehead atoms. The van der Waals surface area contributed by atoms with E-state index in [2.05, 4.69) is 26.0 Å². The van der Waals surface area contributed by atoms with Gasteiger partial charge in [-0.25, -0.2) is 0 Å². The van der Waals surface area contributed by atoms with Gasteiger partial charge < -0.3 is 10.6 Å². The van der Waals surface area contributed by atoms with E-state index in [1.54, 1.807) is 13.8 Å². The number of hydrogen-bond donors (Lipinski definition) is 3. The minimum atomic E-state index is -1.14. The number of nitrogens with one attached hydrogen (secondary N) is 3. The minimum Gasteiger partial charge on any atom is -0.349 e. The van der Waals surface area contributed by atoms with Gasteiger partial charge in [-0.3, -0.25) is 29.3 Å². The molecule has 0 unspecified atom stereocenters. The molecule has 3 N–H and O–H groups in total. The number of carbonyl (C=O) groups excluding carboxylic acids is 5. The Balaban J connectivity index is 1.87. The quantitative estimate of drug-likeness (QED) is 0.0549. The summed E-state index contributed by atoms with van der Waals surface area (Å²) in [5.74, 6) is -4.41. The Morgan fingerprint density at radius 3 is 2.07 bits per heavy atom. The Bertz CT molecular complexity index is 1090. The van der Waals surface area contributed by atoms with Crippen molar-refractivity contribution in [2.75, 3.05) is 6.54 Å². The first-order valence-corrected chi connectivity index (χ1v) is 14.7. The highest BCUT2D eigenvalue weighted by atomic mass is 16.2. The maximum atomic E-state index is 13.2. The number of azide groups is 1. The summed E-state index contributed by atoms with van der Waals surface area (Å²) in [5, 5.41) is 11.5. The lowest BCUT2D eigenvalue weighted by Gasteiger charge is -2.26. The Hall–Kier alpha value is -3.72. The minimum absolute atomic E-state index is 0.0721. The lowest BCUT2D eigenvalue weighted by molar-refractivity contribution is -0.137. The third-order valence-electron chi connectivity index (χ3n) is 7.44. The molecule has 1 fully saturated rings. The normalized spacial score (nSPS) is 17.9. The molecule has 1 aliphatic rings. The van der Waals surface area contributed by atoms with E-state index in [1.165, 1.54) is 6.92 Å². The van der Waals surface area contributed by atoms with Crippen molar-refractivity contribution in [3.05, 3.63) is 46.3 Å². The van der Waals surface area contributed by atoms with Gasteiger partial charge in [0.15, 0.2) is 5.78 Å². The molecular weight excluding hydrogens is 524 g/mol. The van der Waals surface area contributed by atoms with E-state index in [1.807, 2.05) is 30.3 Å². The average Bonchev–Trinajstić information content (AvgIpc) is 3.20. The number of carbonyl (C=O) groups is 5. The van der Waals surface area contributed by atoms with Crippen molar-refractivity contribution in [3.8, 4) is 0 Å². The number of rotatable bonds is 19. The highest BCUT2D eigenvalue weighted by Crippen LogP contribution is 2.24. The van der Waals surface area contributed by atoms with Crippen LogP contribution in [0.2, 0.25) is 0 Å². The summed E-state index contributed by atoms with van der Waals surface area (Å²) in [6.07, 6.45) is 8.31. The van der Waals surface area contributed by atoms with Crippen LogP contribution in [0.15, 0.2) is 35.4 Å². The zero-order chi connectivity index (χ0) is 30.2. The van der Waals surface area contributed by atoms with Crippen LogP contribution in [0.4, 0.5) is 0 Å². The lowest BCUT2D eigenvalue weighted by atomic mass is 9.85. The number of nitrogens with zero attached hydrogens (tertiary/aromatic N) is 3. The van der Waals surface area contributed by atoms with Gasteiger partial charge >= 0.3 is 0 Å². The topological polar surface area (TPSA) is 170 Å². The maximum absolute atomic E-state index is 13.2. The molecule has 4 amide bonds. The molecule has 0 spiro atoms. The maximum Gasteiger partial charge on any atom is 0.238 e. The molecule has 1 saturated heterocycles. The molecule has 41 heavy (non-hydrogen) atoms. The third kappa shape index (κ3) is 11.4. The summed E-state index contributed by atoms with van der Waals surface area (Å²) in [7, 11) is 0. The van der Waals surface area contributed by atoms with Crippen molar-refractivity contribution >= 4 is 29.4 Å². The van der Waals surface area contributed by atoms with Gasteiger partial charge in [0.25, 0.3) is 0 Å². The number of imide groups is 1. The molecule has 0 aromatic heterocycles. The van der Waals surface area contributed by atoms with Crippen LogP contribution in [-0.2, 0) is 24.0 Å². The molecule has 0 radical (unpaired) electrons. The van der Waals surface area contributed by atoms with E-state index in [-0.39, 0.29) is 18.2 Å². The number of amides is 4. The van der Waals surface area contributed by atoms with Crippen LogP contribution in [0, 0.1) is 17.8 Å². The second-order valence-corrected chi connectivity index (χ2v) is 11.1. The molecule has 0 saturated carbocycles. The van der Waals surface area contributed by atoms with Crippen molar-refractivity contribution in [2.45, 2.75) is 97.1 Å². The van der Waals surface area contributed by atoms with Gasteiger partial charge in [0.05, 0.1) is 24.4 Å². The molecule has 1 heterocycles. The summed E-state index contributed by atoms with van der Waals surface area (Å²) in [4.78, 5) is 66.0. The van der Waals surface area contributed by atoms with Crippen LogP contribution in [0.3, 0.4) is 0 Å². The van der Waals surface area contributed by atoms with E-state index in [4.69, 9.17) is 5.53 Å². The smallest absolute Gasteiger partial charge is 0.238 e. The van der Waals surface area contributed by atoms with Gasteiger partial charge in [0.2, 0.25) is 23.6 Å². The first kappa shape index (κ1) is 33.5. The standard InChI is InChI=1S/C30H44N6O5/c1-20(2)27(28(39)26-21(3)29(40)35-30(26)41)34-25(38)19-23(22-15-11-10-12-16-22)33-24(37)17-13-8-6-4-5-7-9-14-18-32-36-31/h10-12,15-16,20-21,23,26-27H,4-9,13-14,17-19H2,1-3H3,(H,33,37)(H,34,38)(H,35,40,41)/t21-,23-,26+,27-/m0/s1. The molecule has 0 aliphatic carbocycles. The Morgan fingerprint density at radius 1 is 0.902 bits per heavy atom. The van der Waals surface area contributed by atoms with Crippen molar-refractivity contribution in [1.82, 2.24) is 16.0 Å². The van der Waals surface area contributed by atoms with Crippen LogP contribution in [0.1, 0.15) is 96.6 Å². The largest absolute Gasteiger partial charge is 0.349 e. The van der Waals surface area contributed by atoms with Crippen molar-refractivity contribution < 1.29 is 24.0 Å². The second kappa shape index (κ2) is 17.9. The molecule has 1 aromatic carbocycles. The van der Waals surface area contributed by atoms with Gasteiger partial charge in [0, 0.05) is 17.9 Å². The van der Waals surface area contributed by atoms with E-state index in [9.17, 15) is 24.0 Å². The predicted molar refractivity (Wildman–Crippen MR) is 155 cm³/mol. The van der Waals surface area contributed by atoms with Crippen LogP contribution in [0.5, 0.6) is 0 Å². The van der Waals surface area contributed by atoms with Crippen molar-refractivity contribution in [2.24, 2.45) is 22.9 Å². The van der Waals surface area contributed by atoms with E-state index < -0.39 is 47.4 Å². The number of Topliss-reactive ketones (excluding diaryl/α,β-unsaturated/α-hetero) is 1. The number of unbranched alkanes of at least 4 members (excludes halogenated alkanes) is 7. The molecule has 1 aliphatic heterocycles. The fourth-order valence-electron chi connectivity index (χ4n) is 5.02. The van der Waals surface area contributed by atoms with Gasteiger partial charge in [0.1, 0.15) is 5.92 Å². The molecule has 11 heteroatoms.